The van der Waals surface area contributed by atoms with Gasteiger partial charge in [0.25, 0.3) is 0 Å². The molecule has 1 heterocycles. The molecule has 1 aliphatic rings. The summed E-state index contributed by atoms with van der Waals surface area (Å²) in [5.41, 5.74) is 3.63. The summed E-state index contributed by atoms with van der Waals surface area (Å²) in [5, 5.41) is 0. The molecular formula is C22H20O4S. The van der Waals surface area contributed by atoms with Crippen molar-refractivity contribution in [2.45, 2.75) is 15.6 Å². The van der Waals surface area contributed by atoms with Gasteiger partial charge < -0.3 is 14.2 Å². The zero-order valence-corrected chi connectivity index (χ0v) is 16.2. The molecular weight excluding hydrogens is 360 g/mol. The van der Waals surface area contributed by atoms with E-state index >= 15 is 0 Å². The molecule has 3 aromatic rings. The van der Waals surface area contributed by atoms with E-state index in [2.05, 4.69) is 0 Å². The van der Waals surface area contributed by atoms with E-state index in [1.165, 1.54) is 0 Å². The van der Waals surface area contributed by atoms with Crippen molar-refractivity contribution >= 4 is 10.8 Å². The van der Waals surface area contributed by atoms with Crippen molar-refractivity contribution < 1.29 is 18.4 Å². The van der Waals surface area contributed by atoms with Crippen LogP contribution >= 0.6 is 0 Å². The summed E-state index contributed by atoms with van der Waals surface area (Å²) in [5.74, 6) is -0.307. The molecule has 138 valence electrons. The van der Waals surface area contributed by atoms with Gasteiger partial charge in [0, 0.05) is 25.3 Å². The second-order valence-electron chi connectivity index (χ2n) is 6.23. The zero-order chi connectivity index (χ0) is 19.0. The Hall–Kier alpha value is -2.47. The molecule has 0 radical (unpaired) electrons. The smallest absolute Gasteiger partial charge is 0.221 e. The van der Waals surface area contributed by atoms with Crippen molar-refractivity contribution in [2.75, 3.05) is 21.3 Å². The second-order valence-corrected chi connectivity index (χ2v) is 7.65. The average molecular weight is 380 g/mol. The van der Waals surface area contributed by atoms with Crippen molar-refractivity contribution in [3.05, 3.63) is 77.9 Å². The summed E-state index contributed by atoms with van der Waals surface area (Å²) < 4.78 is 29.8. The highest BCUT2D eigenvalue weighted by atomic mass is 32.2. The molecule has 0 bridgehead atoms. The predicted octanol–water partition coefficient (Wildman–Crippen LogP) is 4.34. The van der Waals surface area contributed by atoms with Gasteiger partial charge in [-0.1, -0.05) is 24.3 Å². The van der Waals surface area contributed by atoms with E-state index in [1.54, 1.807) is 21.3 Å². The van der Waals surface area contributed by atoms with Crippen molar-refractivity contribution in [1.29, 1.82) is 0 Å². The molecule has 27 heavy (non-hydrogen) atoms. The van der Waals surface area contributed by atoms with Gasteiger partial charge in [-0.15, -0.1) is 0 Å². The minimum atomic E-state index is -1.16. The highest BCUT2D eigenvalue weighted by Crippen LogP contribution is 2.44. The summed E-state index contributed by atoms with van der Waals surface area (Å²) >= 11 is 0. The van der Waals surface area contributed by atoms with E-state index in [4.69, 9.17) is 14.2 Å². The minimum absolute atomic E-state index is 0.762. The number of hydrogen-bond acceptors (Lipinski definition) is 4. The first kappa shape index (κ1) is 17.9. The van der Waals surface area contributed by atoms with E-state index in [0.29, 0.717) is 0 Å². The summed E-state index contributed by atoms with van der Waals surface area (Å²) in [6.45, 7) is 0. The number of methoxy groups -OCH3 is 3. The van der Waals surface area contributed by atoms with Crippen LogP contribution in [-0.2, 0) is 26.1 Å². The molecule has 0 aromatic heterocycles. The standard InChI is InChI=1S/C22H20O4S/c1-24-17-11-8-15(9-12-17)22(25-2,26-3)16-10-13-21-19(14-16)18-6-4-5-7-20(18)27(21)23/h4-14H,1-3H3. The molecule has 1 atom stereocenters. The van der Waals surface area contributed by atoms with Crippen LogP contribution in [0.25, 0.3) is 11.1 Å². The fourth-order valence-corrected chi connectivity index (χ4v) is 4.99. The number of fused-ring (bicyclic) bond motifs is 3. The summed E-state index contributed by atoms with van der Waals surface area (Å²) in [6, 6.07) is 21.2. The van der Waals surface area contributed by atoms with Gasteiger partial charge in [-0.3, -0.25) is 0 Å². The Morgan fingerprint density at radius 1 is 0.741 bits per heavy atom. The molecule has 4 rings (SSSR count). The molecule has 5 heteroatoms. The molecule has 0 saturated heterocycles. The Labute approximate surface area is 161 Å². The lowest BCUT2D eigenvalue weighted by Crippen LogP contribution is -2.32. The minimum Gasteiger partial charge on any atom is -0.497 e. The maximum absolute atomic E-state index is 12.8. The lowest BCUT2D eigenvalue weighted by atomic mass is 9.93. The van der Waals surface area contributed by atoms with Crippen LogP contribution in [0.15, 0.2) is 76.5 Å². The van der Waals surface area contributed by atoms with Gasteiger partial charge >= 0.3 is 0 Å². The fraction of sp³-hybridized carbons (Fsp3) is 0.182. The molecule has 1 aliphatic heterocycles. The van der Waals surface area contributed by atoms with Crippen LogP contribution < -0.4 is 4.74 Å². The highest BCUT2D eigenvalue weighted by Gasteiger charge is 2.36. The number of ether oxygens (including phenoxy) is 3. The van der Waals surface area contributed by atoms with E-state index in [0.717, 1.165) is 37.8 Å². The largest absolute Gasteiger partial charge is 0.497 e. The van der Waals surface area contributed by atoms with Crippen LogP contribution in [-0.4, -0.2) is 25.5 Å². The first-order chi connectivity index (χ1) is 13.1. The van der Waals surface area contributed by atoms with E-state index in [-0.39, 0.29) is 0 Å². The first-order valence-electron chi connectivity index (χ1n) is 8.55. The Morgan fingerprint density at radius 3 is 2.04 bits per heavy atom. The number of rotatable bonds is 5. The van der Waals surface area contributed by atoms with Crippen LogP contribution in [0.4, 0.5) is 0 Å². The molecule has 0 spiro atoms. The molecule has 3 aromatic carbocycles. The monoisotopic (exact) mass is 380 g/mol. The van der Waals surface area contributed by atoms with Crippen LogP contribution in [0.1, 0.15) is 11.1 Å². The highest BCUT2D eigenvalue weighted by molar-refractivity contribution is 7.85. The SMILES string of the molecule is COc1ccc(C(OC)(OC)c2ccc3c(c2)-c2ccccc2S3=O)cc1. The van der Waals surface area contributed by atoms with Gasteiger partial charge in [0.2, 0.25) is 5.79 Å². The summed E-state index contributed by atoms with van der Waals surface area (Å²) in [6.07, 6.45) is 0. The molecule has 1 unspecified atom stereocenters. The van der Waals surface area contributed by atoms with Gasteiger partial charge in [-0.05, 0) is 53.6 Å². The quantitative estimate of drug-likeness (QED) is 0.483. The maximum atomic E-state index is 12.8. The van der Waals surface area contributed by atoms with Gasteiger partial charge in [-0.2, -0.15) is 0 Å². The normalized spacial score (nSPS) is 15.3. The molecule has 0 amide bonds. The molecule has 0 fully saturated rings. The predicted molar refractivity (Wildman–Crippen MR) is 104 cm³/mol. The van der Waals surface area contributed by atoms with Gasteiger partial charge in [0.1, 0.15) is 5.75 Å². The lowest BCUT2D eigenvalue weighted by Gasteiger charge is -2.32. The van der Waals surface area contributed by atoms with Crippen LogP contribution in [0.5, 0.6) is 5.75 Å². The molecule has 0 N–H and O–H groups in total. The molecule has 0 aliphatic carbocycles. The van der Waals surface area contributed by atoms with E-state index in [9.17, 15) is 4.21 Å². The van der Waals surface area contributed by atoms with Crippen LogP contribution in [0.2, 0.25) is 0 Å². The van der Waals surface area contributed by atoms with Crippen molar-refractivity contribution in [3.63, 3.8) is 0 Å². The van der Waals surface area contributed by atoms with Crippen molar-refractivity contribution in [3.8, 4) is 16.9 Å². The molecule has 4 nitrogen and oxygen atoms in total. The molecule has 0 saturated carbocycles. The Kier molecular flexibility index (Phi) is 4.60. The van der Waals surface area contributed by atoms with Crippen LogP contribution in [0.3, 0.4) is 0 Å². The first-order valence-corrected chi connectivity index (χ1v) is 9.70. The third kappa shape index (κ3) is 2.70. The van der Waals surface area contributed by atoms with Crippen LogP contribution in [0, 0.1) is 0 Å². The van der Waals surface area contributed by atoms with Gasteiger partial charge in [0.15, 0.2) is 0 Å². The maximum Gasteiger partial charge on any atom is 0.221 e. The second kappa shape index (κ2) is 6.93. The summed E-state index contributed by atoms with van der Waals surface area (Å²) in [7, 11) is 3.71. The Bertz CT molecular complexity index is 1010. The van der Waals surface area contributed by atoms with Gasteiger partial charge in [-0.25, -0.2) is 4.21 Å². The van der Waals surface area contributed by atoms with E-state index < -0.39 is 16.6 Å². The average Bonchev–Trinajstić information content (AvgIpc) is 3.02. The van der Waals surface area contributed by atoms with Crippen molar-refractivity contribution in [2.24, 2.45) is 0 Å². The van der Waals surface area contributed by atoms with Crippen molar-refractivity contribution in [1.82, 2.24) is 0 Å². The number of benzene rings is 3. The fourth-order valence-electron chi connectivity index (χ4n) is 3.61. The summed E-state index contributed by atoms with van der Waals surface area (Å²) in [4.78, 5) is 1.66. The third-order valence-corrected chi connectivity index (χ3v) is 6.49. The zero-order valence-electron chi connectivity index (χ0n) is 15.4. The topological polar surface area (TPSA) is 44.8 Å². The van der Waals surface area contributed by atoms with E-state index in [1.807, 2.05) is 66.7 Å². The number of hydrogen-bond donors (Lipinski definition) is 0. The Morgan fingerprint density at radius 2 is 1.37 bits per heavy atom. The van der Waals surface area contributed by atoms with Gasteiger partial charge in [0.05, 0.1) is 27.7 Å². The third-order valence-electron chi connectivity index (χ3n) is 4.98. The Balaban J connectivity index is 1.87. The lowest BCUT2D eigenvalue weighted by molar-refractivity contribution is -0.183.